The number of anilines is 1. The van der Waals surface area contributed by atoms with Crippen molar-refractivity contribution in [3.8, 4) is 0 Å². The maximum Gasteiger partial charge on any atom is 0.238 e. The minimum Gasteiger partial charge on any atom is -0.423 e. The molecule has 1 N–H and O–H groups in total. The van der Waals surface area contributed by atoms with Crippen LogP contribution in [0, 0.1) is 6.92 Å². The Kier molecular flexibility index (Phi) is 5.28. The zero-order valence-electron chi connectivity index (χ0n) is 14.1. The maximum absolute atomic E-state index is 5.46. The van der Waals surface area contributed by atoms with Crippen molar-refractivity contribution in [3.63, 3.8) is 0 Å². The number of aryl methyl sites for hydroxylation is 1. The summed E-state index contributed by atoms with van der Waals surface area (Å²) in [6.07, 6.45) is 5.24. The molecule has 0 saturated carbocycles. The van der Waals surface area contributed by atoms with Crippen LogP contribution >= 0.6 is 0 Å². The lowest BCUT2D eigenvalue weighted by molar-refractivity contribution is 0.231. The Morgan fingerprint density at radius 3 is 2.52 bits per heavy atom. The molecule has 0 radical (unpaired) electrons. The summed E-state index contributed by atoms with van der Waals surface area (Å²) in [5.41, 5.74) is 2.47. The Morgan fingerprint density at radius 2 is 1.87 bits per heavy atom. The molecule has 1 atom stereocenters. The van der Waals surface area contributed by atoms with E-state index >= 15 is 0 Å². The second-order valence-corrected chi connectivity index (χ2v) is 6.37. The normalized spacial score (nSPS) is 17.1. The smallest absolute Gasteiger partial charge is 0.238 e. The number of likely N-dealkylation sites (tertiary alicyclic amines) is 1. The molecule has 2 heterocycles. The minimum atomic E-state index is 0.00963. The minimum absolute atomic E-state index is 0.00963. The number of rotatable bonds is 6. The topological polar surface area (TPSA) is 54.2 Å². The molecular formula is C18H26N4O. The SMILES string of the molecule is Cc1nnc(C(C)Nc2ccc(CCN3CCCCC3)cc2)o1. The van der Waals surface area contributed by atoms with E-state index in [4.69, 9.17) is 4.42 Å². The Hall–Kier alpha value is -1.88. The van der Waals surface area contributed by atoms with Crippen LogP contribution in [0.2, 0.25) is 0 Å². The summed E-state index contributed by atoms with van der Waals surface area (Å²) in [4.78, 5) is 2.58. The molecule has 1 aliphatic heterocycles. The van der Waals surface area contributed by atoms with Gasteiger partial charge in [0.15, 0.2) is 0 Å². The van der Waals surface area contributed by atoms with Gasteiger partial charge in [0.1, 0.15) is 6.04 Å². The van der Waals surface area contributed by atoms with Gasteiger partial charge in [-0.25, -0.2) is 0 Å². The summed E-state index contributed by atoms with van der Waals surface area (Å²) >= 11 is 0. The zero-order valence-corrected chi connectivity index (χ0v) is 14.1. The molecule has 1 fully saturated rings. The first-order valence-electron chi connectivity index (χ1n) is 8.58. The molecule has 1 aromatic heterocycles. The predicted octanol–water partition coefficient (Wildman–Crippen LogP) is 3.58. The summed E-state index contributed by atoms with van der Waals surface area (Å²) in [6, 6.07) is 8.68. The van der Waals surface area contributed by atoms with E-state index in [0.29, 0.717) is 11.8 Å². The molecular weight excluding hydrogens is 288 g/mol. The van der Waals surface area contributed by atoms with Crippen LogP contribution in [0.3, 0.4) is 0 Å². The average Bonchev–Trinajstić information content (AvgIpc) is 3.02. The third-order valence-electron chi connectivity index (χ3n) is 4.41. The van der Waals surface area contributed by atoms with Gasteiger partial charge in [0.05, 0.1) is 0 Å². The van der Waals surface area contributed by atoms with E-state index in [1.54, 1.807) is 6.92 Å². The number of nitrogens with zero attached hydrogens (tertiary/aromatic N) is 3. The van der Waals surface area contributed by atoms with E-state index < -0.39 is 0 Å². The van der Waals surface area contributed by atoms with Crippen LogP contribution in [0.5, 0.6) is 0 Å². The molecule has 1 unspecified atom stereocenters. The fourth-order valence-electron chi connectivity index (χ4n) is 3.04. The van der Waals surface area contributed by atoms with Gasteiger partial charge in [-0.2, -0.15) is 0 Å². The zero-order chi connectivity index (χ0) is 16.1. The van der Waals surface area contributed by atoms with Gasteiger partial charge >= 0.3 is 0 Å². The lowest BCUT2D eigenvalue weighted by Crippen LogP contribution is -2.31. The molecule has 0 bridgehead atoms. The average molecular weight is 314 g/mol. The Balaban J connectivity index is 1.50. The fraction of sp³-hybridized carbons (Fsp3) is 0.556. The van der Waals surface area contributed by atoms with Crippen molar-refractivity contribution < 1.29 is 4.42 Å². The van der Waals surface area contributed by atoms with E-state index in [2.05, 4.69) is 44.7 Å². The third kappa shape index (κ3) is 4.55. The monoisotopic (exact) mass is 314 g/mol. The number of piperidine rings is 1. The van der Waals surface area contributed by atoms with Gasteiger partial charge in [-0.15, -0.1) is 10.2 Å². The summed E-state index contributed by atoms with van der Waals surface area (Å²) < 4.78 is 5.46. The Bertz CT molecular complexity index is 602. The molecule has 0 aliphatic carbocycles. The molecule has 2 aromatic rings. The van der Waals surface area contributed by atoms with E-state index in [9.17, 15) is 0 Å². The lowest BCUT2D eigenvalue weighted by atomic mass is 10.1. The number of hydrogen-bond acceptors (Lipinski definition) is 5. The van der Waals surface area contributed by atoms with Crippen LogP contribution in [-0.2, 0) is 6.42 Å². The maximum atomic E-state index is 5.46. The molecule has 1 aromatic carbocycles. The summed E-state index contributed by atoms with van der Waals surface area (Å²) in [6.45, 7) is 7.53. The molecule has 1 saturated heterocycles. The van der Waals surface area contributed by atoms with Crippen molar-refractivity contribution in [3.05, 3.63) is 41.6 Å². The molecule has 0 spiro atoms. The predicted molar refractivity (Wildman–Crippen MR) is 91.5 cm³/mol. The highest BCUT2D eigenvalue weighted by Crippen LogP contribution is 2.19. The molecule has 1 aliphatic rings. The number of nitrogens with one attached hydrogen (secondary N) is 1. The summed E-state index contributed by atoms with van der Waals surface area (Å²) in [5, 5.41) is 11.3. The van der Waals surface area contributed by atoms with Gasteiger partial charge in [0, 0.05) is 19.2 Å². The van der Waals surface area contributed by atoms with Crippen LogP contribution in [-0.4, -0.2) is 34.7 Å². The summed E-state index contributed by atoms with van der Waals surface area (Å²) in [7, 11) is 0. The Morgan fingerprint density at radius 1 is 1.13 bits per heavy atom. The highest BCUT2D eigenvalue weighted by molar-refractivity contribution is 5.45. The highest BCUT2D eigenvalue weighted by atomic mass is 16.4. The highest BCUT2D eigenvalue weighted by Gasteiger charge is 2.12. The van der Waals surface area contributed by atoms with Gasteiger partial charge in [-0.3, -0.25) is 0 Å². The second kappa shape index (κ2) is 7.59. The van der Waals surface area contributed by atoms with Gasteiger partial charge in [-0.05, 0) is 57.0 Å². The van der Waals surface area contributed by atoms with Crippen molar-refractivity contribution in [2.24, 2.45) is 0 Å². The molecule has 0 amide bonds. The first-order valence-corrected chi connectivity index (χ1v) is 8.58. The number of benzene rings is 1. The van der Waals surface area contributed by atoms with E-state index in [1.807, 2.05) is 6.92 Å². The first kappa shape index (κ1) is 16.0. The molecule has 5 heteroatoms. The van der Waals surface area contributed by atoms with Crippen molar-refractivity contribution >= 4 is 5.69 Å². The van der Waals surface area contributed by atoms with Crippen LogP contribution in [0.15, 0.2) is 28.7 Å². The van der Waals surface area contributed by atoms with Crippen LogP contribution in [0.25, 0.3) is 0 Å². The standard InChI is InChI=1S/C18H26N4O/c1-14(18-21-20-15(2)23-18)19-17-8-6-16(7-9-17)10-13-22-11-4-3-5-12-22/h6-9,14,19H,3-5,10-13H2,1-2H3. The first-order chi connectivity index (χ1) is 11.2. The van der Waals surface area contributed by atoms with Gasteiger partial charge in [0.25, 0.3) is 0 Å². The van der Waals surface area contributed by atoms with Gasteiger partial charge < -0.3 is 14.6 Å². The Labute approximate surface area is 138 Å². The third-order valence-corrected chi connectivity index (χ3v) is 4.41. The van der Waals surface area contributed by atoms with Crippen molar-refractivity contribution in [1.82, 2.24) is 15.1 Å². The second-order valence-electron chi connectivity index (χ2n) is 6.37. The van der Waals surface area contributed by atoms with Crippen LogP contribution in [0.4, 0.5) is 5.69 Å². The molecule has 23 heavy (non-hydrogen) atoms. The van der Waals surface area contributed by atoms with Crippen molar-refractivity contribution in [2.45, 2.75) is 45.6 Å². The van der Waals surface area contributed by atoms with Crippen molar-refractivity contribution in [2.75, 3.05) is 25.0 Å². The van der Waals surface area contributed by atoms with E-state index in [-0.39, 0.29) is 6.04 Å². The molecule has 124 valence electrons. The number of hydrogen-bond donors (Lipinski definition) is 1. The lowest BCUT2D eigenvalue weighted by Gasteiger charge is -2.26. The molecule has 5 nitrogen and oxygen atoms in total. The molecule has 3 rings (SSSR count). The largest absolute Gasteiger partial charge is 0.423 e. The van der Waals surface area contributed by atoms with E-state index in [0.717, 1.165) is 12.1 Å². The van der Waals surface area contributed by atoms with Gasteiger partial charge in [0.2, 0.25) is 11.8 Å². The number of aromatic nitrogens is 2. The van der Waals surface area contributed by atoms with Crippen LogP contribution in [0.1, 0.15) is 49.6 Å². The fourth-order valence-corrected chi connectivity index (χ4v) is 3.04. The quantitative estimate of drug-likeness (QED) is 0.883. The summed E-state index contributed by atoms with van der Waals surface area (Å²) in [5.74, 6) is 1.22. The van der Waals surface area contributed by atoms with Crippen molar-refractivity contribution in [1.29, 1.82) is 0 Å². The van der Waals surface area contributed by atoms with E-state index in [1.165, 1.54) is 44.5 Å². The van der Waals surface area contributed by atoms with Gasteiger partial charge in [-0.1, -0.05) is 18.6 Å². The van der Waals surface area contributed by atoms with Crippen LogP contribution < -0.4 is 5.32 Å².